The molecule has 3 heteroatoms. The summed E-state index contributed by atoms with van der Waals surface area (Å²) < 4.78 is 0. The summed E-state index contributed by atoms with van der Waals surface area (Å²) in [6.07, 6.45) is 3.82. The number of nitrogens with one attached hydrogen (secondary N) is 1. The monoisotopic (exact) mass is 308 g/mol. The Morgan fingerprint density at radius 1 is 1.29 bits per heavy atom. The molecule has 0 saturated carbocycles. The van der Waals surface area contributed by atoms with Gasteiger partial charge < -0.3 is 10.2 Å². The minimum absolute atomic E-state index is 0.471. The molecule has 1 aromatic rings. The van der Waals surface area contributed by atoms with Crippen LogP contribution in [0.1, 0.15) is 52.5 Å². The topological polar surface area (TPSA) is 15.3 Å². The van der Waals surface area contributed by atoms with E-state index in [2.05, 4.69) is 50.0 Å². The van der Waals surface area contributed by atoms with E-state index in [-0.39, 0.29) is 0 Å². The standard InChI is InChI=1S/C18H29ClN2/c1-5-18(4)9-11-21(12-10-18)17-8-6-7-16(19)15(17)13-20-14(2)3/h6-8,14,20H,5,9-13H2,1-4H3. The van der Waals surface area contributed by atoms with E-state index in [0.29, 0.717) is 11.5 Å². The van der Waals surface area contributed by atoms with Crippen molar-refractivity contribution in [1.82, 2.24) is 5.32 Å². The molecule has 1 aromatic carbocycles. The van der Waals surface area contributed by atoms with Crippen molar-refractivity contribution in [3.63, 3.8) is 0 Å². The number of benzene rings is 1. The van der Waals surface area contributed by atoms with Crippen molar-refractivity contribution in [3.05, 3.63) is 28.8 Å². The molecule has 118 valence electrons. The zero-order chi connectivity index (χ0) is 15.5. The molecule has 21 heavy (non-hydrogen) atoms. The fraction of sp³-hybridized carbons (Fsp3) is 0.667. The summed E-state index contributed by atoms with van der Waals surface area (Å²) in [5.74, 6) is 0. The Labute approximate surface area is 134 Å². The van der Waals surface area contributed by atoms with E-state index in [1.807, 2.05) is 6.07 Å². The van der Waals surface area contributed by atoms with Crippen LogP contribution in [0.15, 0.2) is 18.2 Å². The van der Waals surface area contributed by atoms with Gasteiger partial charge in [-0.15, -0.1) is 0 Å². The third kappa shape index (κ3) is 4.14. The summed E-state index contributed by atoms with van der Waals surface area (Å²) in [4.78, 5) is 2.51. The number of nitrogens with zero attached hydrogens (tertiary/aromatic N) is 1. The second-order valence-electron chi connectivity index (χ2n) is 6.92. The van der Waals surface area contributed by atoms with E-state index in [4.69, 9.17) is 11.6 Å². The molecular formula is C18H29ClN2. The molecule has 1 aliphatic rings. The van der Waals surface area contributed by atoms with Crippen LogP contribution >= 0.6 is 11.6 Å². The number of hydrogen-bond donors (Lipinski definition) is 1. The maximum atomic E-state index is 6.45. The fourth-order valence-electron chi connectivity index (χ4n) is 2.97. The summed E-state index contributed by atoms with van der Waals surface area (Å²) in [7, 11) is 0. The van der Waals surface area contributed by atoms with Crippen LogP contribution in [0.3, 0.4) is 0 Å². The minimum Gasteiger partial charge on any atom is -0.371 e. The van der Waals surface area contributed by atoms with Gasteiger partial charge in [-0.1, -0.05) is 51.8 Å². The maximum absolute atomic E-state index is 6.45. The average Bonchev–Trinajstić information content (AvgIpc) is 2.46. The molecule has 2 rings (SSSR count). The summed E-state index contributed by atoms with van der Waals surface area (Å²) in [6, 6.07) is 6.77. The van der Waals surface area contributed by atoms with E-state index < -0.39 is 0 Å². The van der Waals surface area contributed by atoms with Crippen LogP contribution < -0.4 is 10.2 Å². The third-order valence-corrected chi connectivity index (χ3v) is 5.30. The Kier molecular flexibility index (Phi) is 5.56. The van der Waals surface area contributed by atoms with E-state index >= 15 is 0 Å². The molecule has 0 atom stereocenters. The number of anilines is 1. The average molecular weight is 309 g/mol. The Balaban J connectivity index is 2.14. The van der Waals surface area contributed by atoms with Gasteiger partial charge >= 0.3 is 0 Å². The van der Waals surface area contributed by atoms with Gasteiger partial charge in [-0.2, -0.15) is 0 Å². The molecule has 0 spiro atoms. The first-order chi connectivity index (χ1) is 9.95. The van der Waals surface area contributed by atoms with Gasteiger partial charge in [0, 0.05) is 41.9 Å². The SMILES string of the molecule is CCC1(C)CCN(c2cccc(Cl)c2CNC(C)C)CC1. The lowest BCUT2D eigenvalue weighted by Gasteiger charge is -2.40. The van der Waals surface area contributed by atoms with Gasteiger partial charge in [0.2, 0.25) is 0 Å². The molecule has 1 saturated heterocycles. The molecule has 0 amide bonds. The summed E-state index contributed by atoms with van der Waals surface area (Å²) in [5.41, 5.74) is 3.08. The third-order valence-electron chi connectivity index (χ3n) is 4.95. The number of halogens is 1. The summed E-state index contributed by atoms with van der Waals surface area (Å²) in [6.45, 7) is 12.2. The Morgan fingerprint density at radius 3 is 2.52 bits per heavy atom. The van der Waals surface area contributed by atoms with Crippen LogP contribution in [0.2, 0.25) is 5.02 Å². The highest BCUT2D eigenvalue weighted by atomic mass is 35.5. The predicted octanol–water partition coefficient (Wildman–Crippen LogP) is 4.85. The van der Waals surface area contributed by atoms with Crippen LogP contribution in [0, 0.1) is 5.41 Å². The van der Waals surface area contributed by atoms with Gasteiger partial charge in [0.05, 0.1) is 0 Å². The van der Waals surface area contributed by atoms with Crippen LogP contribution in [0.25, 0.3) is 0 Å². The quantitative estimate of drug-likeness (QED) is 0.836. The zero-order valence-corrected chi connectivity index (χ0v) is 14.6. The largest absolute Gasteiger partial charge is 0.371 e. The molecule has 0 bridgehead atoms. The molecule has 0 radical (unpaired) electrons. The molecule has 0 unspecified atom stereocenters. The van der Waals surface area contributed by atoms with Gasteiger partial charge in [0.25, 0.3) is 0 Å². The van der Waals surface area contributed by atoms with Gasteiger partial charge in [-0.25, -0.2) is 0 Å². The highest BCUT2D eigenvalue weighted by molar-refractivity contribution is 6.31. The van der Waals surface area contributed by atoms with Crippen molar-refractivity contribution in [3.8, 4) is 0 Å². The predicted molar refractivity (Wildman–Crippen MR) is 93.3 cm³/mol. The van der Waals surface area contributed by atoms with Gasteiger partial charge in [0.15, 0.2) is 0 Å². The fourth-order valence-corrected chi connectivity index (χ4v) is 3.20. The van der Waals surface area contributed by atoms with Crippen LogP contribution in [-0.4, -0.2) is 19.1 Å². The second-order valence-corrected chi connectivity index (χ2v) is 7.33. The van der Waals surface area contributed by atoms with Gasteiger partial charge in [0.1, 0.15) is 0 Å². The lowest BCUT2D eigenvalue weighted by atomic mass is 9.78. The molecule has 2 nitrogen and oxygen atoms in total. The lowest BCUT2D eigenvalue weighted by molar-refractivity contribution is 0.238. The Morgan fingerprint density at radius 2 is 1.95 bits per heavy atom. The Bertz CT molecular complexity index is 462. The summed E-state index contributed by atoms with van der Waals surface area (Å²) >= 11 is 6.45. The molecular weight excluding hydrogens is 280 g/mol. The molecule has 1 N–H and O–H groups in total. The van der Waals surface area contributed by atoms with E-state index in [1.165, 1.54) is 30.5 Å². The van der Waals surface area contributed by atoms with E-state index in [0.717, 1.165) is 24.7 Å². The van der Waals surface area contributed by atoms with Gasteiger partial charge in [-0.3, -0.25) is 0 Å². The van der Waals surface area contributed by atoms with Crippen molar-refractivity contribution in [2.45, 2.75) is 59.5 Å². The number of rotatable bonds is 5. The first-order valence-electron chi connectivity index (χ1n) is 8.21. The minimum atomic E-state index is 0.471. The van der Waals surface area contributed by atoms with E-state index in [9.17, 15) is 0 Å². The Hall–Kier alpha value is -0.730. The van der Waals surface area contributed by atoms with Crippen LogP contribution in [-0.2, 0) is 6.54 Å². The van der Waals surface area contributed by atoms with Crippen molar-refractivity contribution >= 4 is 17.3 Å². The normalized spacial score (nSPS) is 18.3. The van der Waals surface area contributed by atoms with Gasteiger partial charge in [-0.05, 0) is 30.4 Å². The molecule has 0 aliphatic carbocycles. The first-order valence-corrected chi connectivity index (χ1v) is 8.59. The first kappa shape index (κ1) is 16.6. The molecule has 1 aliphatic heterocycles. The lowest BCUT2D eigenvalue weighted by Crippen LogP contribution is -2.39. The van der Waals surface area contributed by atoms with Crippen molar-refractivity contribution in [2.24, 2.45) is 5.41 Å². The highest BCUT2D eigenvalue weighted by Crippen LogP contribution is 2.37. The highest BCUT2D eigenvalue weighted by Gasteiger charge is 2.29. The van der Waals surface area contributed by atoms with Crippen LogP contribution in [0.4, 0.5) is 5.69 Å². The molecule has 0 aromatic heterocycles. The molecule has 1 fully saturated rings. The maximum Gasteiger partial charge on any atom is 0.0471 e. The summed E-state index contributed by atoms with van der Waals surface area (Å²) in [5, 5.41) is 4.38. The zero-order valence-electron chi connectivity index (χ0n) is 13.9. The van der Waals surface area contributed by atoms with Crippen molar-refractivity contribution in [2.75, 3.05) is 18.0 Å². The number of hydrogen-bond acceptors (Lipinski definition) is 2. The van der Waals surface area contributed by atoms with E-state index in [1.54, 1.807) is 0 Å². The second kappa shape index (κ2) is 7.02. The number of piperidine rings is 1. The van der Waals surface area contributed by atoms with Crippen molar-refractivity contribution in [1.29, 1.82) is 0 Å². The molecule has 1 heterocycles. The smallest absolute Gasteiger partial charge is 0.0471 e. The van der Waals surface area contributed by atoms with Crippen molar-refractivity contribution < 1.29 is 0 Å². The van der Waals surface area contributed by atoms with Crippen LogP contribution in [0.5, 0.6) is 0 Å².